The summed E-state index contributed by atoms with van der Waals surface area (Å²) in [6.07, 6.45) is 0.131. The summed E-state index contributed by atoms with van der Waals surface area (Å²) < 4.78 is 5.52. The van der Waals surface area contributed by atoms with E-state index < -0.39 is 6.10 Å². The molecule has 0 aliphatic carbocycles. The van der Waals surface area contributed by atoms with E-state index in [0.29, 0.717) is 6.42 Å². The van der Waals surface area contributed by atoms with E-state index in [2.05, 4.69) is 5.32 Å². The Morgan fingerprint density at radius 2 is 2.38 bits per heavy atom. The molecule has 16 heavy (non-hydrogen) atoms. The van der Waals surface area contributed by atoms with Gasteiger partial charge in [0.15, 0.2) is 6.10 Å². The molecule has 2 atom stereocenters. The highest BCUT2D eigenvalue weighted by Gasteiger charge is 2.29. The van der Waals surface area contributed by atoms with Gasteiger partial charge in [0.25, 0.3) is 5.91 Å². The molecule has 1 unspecified atom stereocenters. The number of aliphatic hydroxyl groups is 1. The van der Waals surface area contributed by atoms with Crippen LogP contribution in [0.15, 0.2) is 24.3 Å². The third-order valence-corrected chi connectivity index (χ3v) is 2.60. The van der Waals surface area contributed by atoms with Crippen LogP contribution in [0, 0.1) is 0 Å². The van der Waals surface area contributed by atoms with Crippen molar-refractivity contribution in [3.63, 3.8) is 0 Å². The van der Waals surface area contributed by atoms with Crippen LogP contribution < -0.4 is 10.1 Å². The lowest BCUT2D eigenvalue weighted by Gasteiger charge is -2.14. The molecule has 0 saturated carbocycles. The second-order valence-corrected chi connectivity index (χ2v) is 4.01. The zero-order valence-corrected chi connectivity index (χ0v) is 9.14. The number of amides is 1. The molecule has 0 radical (unpaired) electrons. The van der Waals surface area contributed by atoms with Gasteiger partial charge in [0.05, 0.1) is 6.61 Å². The van der Waals surface area contributed by atoms with Gasteiger partial charge in [-0.3, -0.25) is 4.79 Å². The SMILES string of the molecule is C[C@H](CO)NC(=O)C1Cc2ccccc2O1. The Morgan fingerprint density at radius 1 is 1.62 bits per heavy atom. The standard InChI is InChI=1S/C12H15NO3/c1-8(7-14)13-12(15)11-6-9-4-2-3-5-10(9)16-11/h2-5,8,11,14H,6-7H2,1H3,(H,13,15)/t8-,11?/m1/s1. The Labute approximate surface area is 94.2 Å². The van der Waals surface area contributed by atoms with E-state index in [4.69, 9.17) is 9.84 Å². The van der Waals surface area contributed by atoms with Gasteiger partial charge < -0.3 is 15.2 Å². The van der Waals surface area contributed by atoms with Crippen molar-refractivity contribution < 1.29 is 14.6 Å². The smallest absolute Gasteiger partial charge is 0.261 e. The molecule has 1 heterocycles. The van der Waals surface area contributed by atoms with Gasteiger partial charge in [-0.1, -0.05) is 18.2 Å². The molecule has 0 aromatic heterocycles. The number of nitrogens with one attached hydrogen (secondary N) is 1. The van der Waals surface area contributed by atoms with E-state index in [1.165, 1.54) is 0 Å². The normalized spacial score (nSPS) is 19.8. The highest BCUT2D eigenvalue weighted by Crippen LogP contribution is 2.28. The van der Waals surface area contributed by atoms with Crippen molar-refractivity contribution in [1.82, 2.24) is 5.32 Å². The zero-order chi connectivity index (χ0) is 11.5. The van der Waals surface area contributed by atoms with Crippen LogP contribution in [-0.4, -0.2) is 29.8 Å². The van der Waals surface area contributed by atoms with Crippen LogP contribution in [-0.2, 0) is 11.2 Å². The maximum absolute atomic E-state index is 11.7. The summed E-state index contributed by atoms with van der Waals surface area (Å²) in [5, 5.41) is 11.5. The van der Waals surface area contributed by atoms with Gasteiger partial charge in [-0.05, 0) is 18.6 Å². The average Bonchev–Trinajstić information content (AvgIpc) is 2.72. The van der Waals surface area contributed by atoms with E-state index >= 15 is 0 Å². The Morgan fingerprint density at radius 3 is 3.06 bits per heavy atom. The van der Waals surface area contributed by atoms with Crippen molar-refractivity contribution >= 4 is 5.91 Å². The molecule has 0 fully saturated rings. The minimum Gasteiger partial charge on any atom is -0.480 e. The number of rotatable bonds is 3. The summed E-state index contributed by atoms with van der Waals surface area (Å²) in [5.74, 6) is 0.608. The monoisotopic (exact) mass is 221 g/mol. The molecule has 1 aliphatic heterocycles. The number of ether oxygens (including phenoxy) is 1. The molecule has 2 rings (SSSR count). The Hall–Kier alpha value is -1.55. The molecule has 0 saturated heterocycles. The largest absolute Gasteiger partial charge is 0.480 e. The summed E-state index contributed by atoms with van der Waals surface area (Å²) in [6, 6.07) is 7.39. The van der Waals surface area contributed by atoms with E-state index in [1.54, 1.807) is 6.92 Å². The van der Waals surface area contributed by atoms with Crippen LogP contribution >= 0.6 is 0 Å². The molecule has 1 aromatic rings. The van der Waals surface area contributed by atoms with Crippen molar-refractivity contribution in [1.29, 1.82) is 0 Å². The van der Waals surface area contributed by atoms with Gasteiger partial charge in [-0.15, -0.1) is 0 Å². The summed E-state index contributed by atoms with van der Waals surface area (Å²) in [4.78, 5) is 11.7. The van der Waals surface area contributed by atoms with Crippen LogP contribution in [0.4, 0.5) is 0 Å². The van der Waals surface area contributed by atoms with E-state index in [-0.39, 0.29) is 18.6 Å². The lowest BCUT2D eigenvalue weighted by atomic mass is 10.1. The van der Waals surface area contributed by atoms with Crippen molar-refractivity contribution in [2.24, 2.45) is 0 Å². The number of benzene rings is 1. The van der Waals surface area contributed by atoms with Crippen LogP contribution in [0.5, 0.6) is 5.75 Å². The zero-order valence-electron chi connectivity index (χ0n) is 9.14. The molecule has 4 heteroatoms. The maximum Gasteiger partial charge on any atom is 0.261 e. The number of carbonyl (C=O) groups is 1. The quantitative estimate of drug-likeness (QED) is 0.780. The number of hydrogen-bond acceptors (Lipinski definition) is 3. The third kappa shape index (κ3) is 2.17. The summed E-state index contributed by atoms with van der Waals surface area (Å²) in [5.41, 5.74) is 1.05. The number of hydrogen-bond donors (Lipinski definition) is 2. The van der Waals surface area contributed by atoms with E-state index in [9.17, 15) is 4.79 Å². The van der Waals surface area contributed by atoms with Gasteiger partial charge in [0.2, 0.25) is 0 Å². The van der Waals surface area contributed by atoms with Crippen LogP contribution in [0.2, 0.25) is 0 Å². The second kappa shape index (κ2) is 4.53. The summed E-state index contributed by atoms with van der Waals surface area (Å²) in [6.45, 7) is 1.69. The fourth-order valence-corrected chi connectivity index (χ4v) is 1.71. The third-order valence-electron chi connectivity index (χ3n) is 2.60. The minimum atomic E-state index is -0.466. The van der Waals surface area contributed by atoms with Gasteiger partial charge in [0.1, 0.15) is 5.75 Å². The van der Waals surface area contributed by atoms with Crippen molar-refractivity contribution in [3.05, 3.63) is 29.8 Å². The first kappa shape index (κ1) is 11.0. The molecule has 0 bridgehead atoms. The average molecular weight is 221 g/mol. The predicted molar refractivity (Wildman–Crippen MR) is 59.3 cm³/mol. The first-order valence-corrected chi connectivity index (χ1v) is 5.36. The fraction of sp³-hybridized carbons (Fsp3) is 0.417. The summed E-state index contributed by atoms with van der Waals surface area (Å²) >= 11 is 0. The van der Waals surface area contributed by atoms with Crippen LogP contribution in [0.25, 0.3) is 0 Å². The van der Waals surface area contributed by atoms with Gasteiger partial charge in [0, 0.05) is 12.5 Å². The fourth-order valence-electron chi connectivity index (χ4n) is 1.71. The molecule has 4 nitrogen and oxygen atoms in total. The number of aliphatic hydroxyl groups excluding tert-OH is 1. The minimum absolute atomic E-state index is 0.0641. The van der Waals surface area contributed by atoms with Gasteiger partial charge in [-0.2, -0.15) is 0 Å². The molecule has 86 valence electrons. The molecule has 0 spiro atoms. The van der Waals surface area contributed by atoms with Crippen LogP contribution in [0.1, 0.15) is 12.5 Å². The lowest BCUT2D eigenvalue weighted by molar-refractivity contribution is -0.128. The van der Waals surface area contributed by atoms with Gasteiger partial charge in [-0.25, -0.2) is 0 Å². The molecule has 1 aliphatic rings. The Balaban J connectivity index is 1.98. The first-order valence-electron chi connectivity index (χ1n) is 5.36. The van der Waals surface area contributed by atoms with Crippen LogP contribution in [0.3, 0.4) is 0 Å². The summed E-state index contributed by atoms with van der Waals surface area (Å²) in [7, 11) is 0. The second-order valence-electron chi connectivity index (χ2n) is 4.01. The van der Waals surface area contributed by atoms with Crippen molar-refractivity contribution in [2.45, 2.75) is 25.5 Å². The van der Waals surface area contributed by atoms with Crippen molar-refractivity contribution in [2.75, 3.05) is 6.61 Å². The number of carbonyl (C=O) groups excluding carboxylic acids is 1. The highest BCUT2D eigenvalue weighted by molar-refractivity contribution is 5.82. The van der Waals surface area contributed by atoms with E-state index in [1.807, 2.05) is 24.3 Å². The first-order chi connectivity index (χ1) is 7.70. The molecular formula is C12H15NO3. The Kier molecular flexibility index (Phi) is 3.10. The number of para-hydroxylation sites is 1. The molecule has 1 amide bonds. The van der Waals surface area contributed by atoms with Crippen molar-refractivity contribution in [3.8, 4) is 5.75 Å². The topological polar surface area (TPSA) is 58.6 Å². The Bertz CT molecular complexity index is 367. The maximum atomic E-state index is 11.7. The highest BCUT2D eigenvalue weighted by atomic mass is 16.5. The number of fused-ring (bicyclic) bond motifs is 1. The molecule has 1 aromatic carbocycles. The molecule has 2 N–H and O–H groups in total. The lowest BCUT2D eigenvalue weighted by Crippen LogP contribution is -2.43. The molecular weight excluding hydrogens is 206 g/mol. The predicted octanol–water partition coefficient (Wildman–Crippen LogP) is 0.487. The van der Waals surface area contributed by atoms with Gasteiger partial charge >= 0.3 is 0 Å². The van der Waals surface area contributed by atoms with E-state index in [0.717, 1.165) is 11.3 Å².